The summed E-state index contributed by atoms with van der Waals surface area (Å²) >= 11 is 6.04. The van der Waals surface area contributed by atoms with Gasteiger partial charge in [0.2, 0.25) is 0 Å². The van der Waals surface area contributed by atoms with Gasteiger partial charge in [0.25, 0.3) is 5.91 Å². The number of likely N-dealkylation sites (tertiary alicyclic amines) is 1. The maximum Gasteiger partial charge on any atom is 0.410 e. The van der Waals surface area contributed by atoms with E-state index in [4.69, 9.17) is 20.8 Å². The average molecular weight is 439 g/mol. The Balaban J connectivity index is 1.27. The van der Waals surface area contributed by atoms with Crippen LogP contribution in [0.5, 0.6) is 0 Å². The normalized spacial score (nSPS) is 21.5. The van der Waals surface area contributed by atoms with Crippen molar-refractivity contribution in [2.24, 2.45) is 0 Å². The molecule has 0 aliphatic carbocycles. The van der Waals surface area contributed by atoms with E-state index in [2.05, 4.69) is 0 Å². The van der Waals surface area contributed by atoms with Crippen molar-refractivity contribution in [1.29, 1.82) is 0 Å². The molecule has 1 spiro atoms. The summed E-state index contributed by atoms with van der Waals surface area (Å²) in [7, 11) is 0. The molecule has 3 aromatic rings. The maximum atomic E-state index is 13.1. The highest BCUT2D eigenvalue weighted by Gasteiger charge is 2.46. The fraction of sp³-hybridized carbons (Fsp3) is 0.333. The minimum absolute atomic E-state index is 0.144. The summed E-state index contributed by atoms with van der Waals surface area (Å²) in [5, 5.41) is 1.41. The van der Waals surface area contributed by atoms with Crippen molar-refractivity contribution < 1.29 is 18.7 Å². The predicted octanol–water partition coefficient (Wildman–Crippen LogP) is 5.10. The van der Waals surface area contributed by atoms with Crippen molar-refractivity contribution >= 4 is 34.6 Å². The van der Waals surface area contributed by atoms with Gasteiger partial charge in [-0.15, -0.1) is 0 Å². The van der Waals surface area contributed by atoms with Gasteiger partial charge in [-0.1, -0.05) is 41.9 Å². The Labute approximate surface area is 185 Å². The Morgan fingerprint density at radius 1 is 1.06 bits per heavy atom. The van der Waals surface area contributed by atoms with Gasteiger partial charge in [-0.2, -0.15) is 0 Å². The van der Waals surface area contributed by atoms with Crippen molar-refractivity contribution in [3.8, 4) is 0 Å². The average Bonchev–Trinajstić information content (AvgIpc) is 3.24. The highest BCUT2D eigenvalue weighted by atomic mass is 35.5. The first-order valence-electron chi connectivity index (χ1n) is 10.5. The molecule has 5 rings (SSSR count). The molecule has 0 bridgehead atoms. The highest BCUT2D eigenvalue weighted by molar-refractivity contribution is 6.31. The van der Waals surface area contributed by atoms with Gasteiger partial charge >= 0.3 is 6.09 Å². The van der Waals surface area contributed by atoms with Crippen molar-refractivity contribution in [3.63, 3.8) is 0 Å². The Morgan fingerprint density at radius 2 is 1.90 bits per heavy atom. The monoisotopic (exact) mass is 438 g/mol. The van der Waals surface area contributed by atoms with Gasteiger partial charge < -0.3 is 14.1 Å². The second kappa shape index (κ2) is 7.93. The molecule has 2 amide bonds. The van der Waals surface area contributed by atoms with Gasteiger partial charge in [-0.05, 0) is 42.7 Å². The maximum absolute atomic E-state index is 13.1. The van der Waals surface area contributed by atoms with E-state index in [9.17, 15) is 9.59 Å². The molecule has 0 radical (unpaired) electrons. The zero-order valence-corrected chi connectivity index (χ0v) is 17.8. The lowest BCUT2D eigenvalue weighted by Crippen LogP contribution is -2.37. The third-order valence-electron chi connectivity index (χ3n) is 6.13. The molecule has 160 valence electrons. The van der Waals surface area contributed by atoms with Crippen LogP contribution in [0.1, 0.15) is 35.4 Å². The number of furan rings is 1. The molecule has 2 aromatic carbocycles. The molecular weight excluding hydrogens is 416 g/mol. The van der Waals surface area contributed by atoms with E-state index in [0.29, 0.717) is 49.0 Å². The number of nitrogens with zero attached hydrogens (tertiary/aromatic N) is 2. The van der Waals surface area contributed by atoms with Crippen LogP contribution in [0, 0.1) is 0 Å². The van der Waals surface area contributed by atoms with Crippen LogP contribution in [0.2, 0.25) is 5.02 Å². The largest absolute Gasteiger partial charge is 0.451 e. The highest BCUT2D eigenvalue weighted by Crippen LogP contribution is 2.34. The van der Waals surface area contributed by atoms with Gasteiger partial charge in [0.05, 0.1) is 6.54 Å². The van der Waals surface area contributed by atoms with Gasteiger partial charge in [0.1, 0.15) is 11.2 Å². The minimum Gasteiger partial charge on any atom is -0.451 e. The van der Waals surface area contributed by atoms with Crippen LogP contribution in [0.15, 0.2) is 59.0 Å². The van der Waals surface area contributed by atoms with Gasteiger partial charge in [0, 0.05) is 36.5 Å². The Bertz CT molecular complexity index is 1130. The Kier molecular flexibility index (Phi) is 5.10. The lowest BCUT2D eigenvalue weighted by molar-refractivity contribution is 0.0436. The summed E-state index contributed by atoms with van der Waals surface area (Å²) in [6, 6.07) is 16.9. The smallest absolute Gasteiger partial charge is 0.410 e. The summed E-state index contributed by atoms with van der Waals surface area (Å²) in [6.45, 7) is 2.20. The fourth-order valence-corrected chi connectivity index (χ4v) is 4.71. The summed E-state index contributed by atoms with van der Waals surface area (Å²) in [5.41, 5.74) is 1.18. The molecular formula is C24H23ClN2O4. The first-order chi connectivity index (χ1) is 15.0. The van der Waals surface area contributed by atoms with Crippen LogP contribution >= 0.6 is 11.6 Å². The summed E-state index contributed by atoms with van der Waals surface area (Å²) in [4.78, 5) is 29.1. The van der Waals surface area contributed by atoms with Crippen molar-refractivity contribution in [3.05, 3.63) is 70.9 Å². The van der Waals surface area contributed by atoms with E-state index in [1.807, 2.05) is 30.3 Å². The molecule has 1 aromatic heterocycles. The SMILES string of the molecule is O=C1O[C@@]2(CCCN(C(=O)c3cc4cc(Cl)ccc4o3)CC2)CN1Cc1ccccc1. The number of rotatable bonds is 3. The van der Waals surface area contributed by atoms with E-state index in [0.717, 1.165) is 23.8 Å². The van der Waals surface area contributed by atoms with Crippen molar-refractivity contribution in [2.75, 3.05) is 19.6 Å². The fourth-order valence-electron chi connectivity index (χ4n) is 4.53. The Hall–Kier alpha value is -2.99. The lowest BCUT2D eigenvalue weighted by Gasteiger charge is -2.25. The van der Waals surface area contributed by atoms with E-state index in [1.165, 1.54) is 0 Å². The van der Waals surface area contributed by atoms with Crippen LogP contribution < -0.4 is 0 Å². The van der Waals surface area contributed by atoms with Gasteiger partial charge in [-0.25, -0.2) is 4.79 Å². The quantitative estimate of drug-likeness (QED) is 0.570. The number of benzene rings is 2. The third-order valence-corrected chi connectivity index (χ3v) is 6.37. The molecule has 6 nitrogen and oxygen atoms in total. The number of ether oxygens (including phenoxy) is 1. The van der Waals surface area contributed by atoms with E-state index >= 15 is 0 Å². The zero-order chi connectivity index (χ0) is 21.4. The van der Waals surface area contributed by atoms with Gasteiger partial charge in [0.15, 0.2) is 5.76 Å². The van der Waals surface area contributed by atoms with Crippen molar-refractivity contribution in [2.45, 2.75) is 31.4 Å². The van der Waals surface area contributed by atoms with Crippen molar-refractivity contribution in [1.82, 2.24) is 9.80 Å². The zero-order valence-electron chi connectivity index (χ0n) is 17.1. The van der Waals surface area contributed by atoms with E-state index in [1.54, 1.807) is 34.1 Å². The number of hydrogen-bond donors (Lipinski definition) is 0. The number of fused-ring (bicyclic) bond motifs is 1. The van der Waals surface area contributed by atoms with Crippen LogP contribution in [0.4, 0.5) is 4.79 Å². The van der Waals surface area contributed by atoms with Crippen LogP contribution in [-0.4, -0.2) is 47.0 Å². The van der Waals surface area contributed by atoms with Gasteiger partial charge in [-0.3, -0.25) is 9.69 Å². The number of amides is 2. The molecule has 3 heterocycles. The second-order valence-electron chi connectivity index (χ2n) is 8.33. The number of carbonyl (C=O) groups excluding carboxylic acids is 2. The molecule has 2 aliphatic rings. The third kappa shape index (κ3) is 4.00. The Morgan fingerprint density at radius 3 is 2.74 bits per heavy atom. The van der Waals surface area contributed by atoms with Crippen LogP contribution in [0.3, 0.4) is 0 Å². The standard InChI is InChI=1S/C24H23ClN2O4/c25-19-7-8-20-18(13-19)14-21(30-20)22(28)26-11-4-9-24(10-12-26)16-27(23(29)31-24)15-17-5-2-1-3-6-17/h1-3,5-8,13-14H,4,9-12,15-16H2/t24-/m1/s1. The summed E-state index contributed by atoms with van der Waals surface area (Å²) in [6.07, 6.45) is 1.84. The number of halogens is 1. The first kappa shape index (κ1) is 19.9. The number of carbonyl (C=O) groups is 2. The summed E-state index contributed by atoms with van der Waals surface area (Å²) < 4.78 is 11.6. The van der Waals surface area contributed by atoms with Crippen LogP contribution in [0.25, 0.3) is 11.0 Å². The minimum atomic E-state index is -0.539. The van der Waals surface area contributed by atoms with E-state index < -0.39 is 5.60 Å². The predicted molar refractivity (Wildman–Crippen MR) is 117 cm³/mol. The molecule has 0 unspecified atom stereocenters. The van der Waals surface area contributed by atoms with Crippen LogP contribution in [-0.2, 0) is 11.3 Å². The second-order valence-corrected chi connectivity index (χ2v) is 8.77. The first-order valence-corrected chi connectivity index (χ1v) is 10.9. The molecule has 7 heteroatoms. The molecule has 2 aliphatic heterocycles. The lowest BCUT2D eigenvalue weighted by atomic mass is 9.95. The molecule has 2 saturated heterocycles. The molecule has 1 atom stereocenters. The molecule has 0 N–H and O–H groups in total. The topological polar surface area (TPSA) is 63.0 Å². The molecule has 0 saturated carbocycles. The number of hydrogen-bond acceptors (Lipinski definition) is 4. The van der Waals surface area contributed by atoms with E-state index in [-0.39, 0.29) is 12.0 Å². The molecule has 2 fully saturated rings. The summed E-state index contributed by atoms with van der Waals surface area (Å²) in [5.74, 6) is 0.164. The molecule has 31 heavy (non-hydrogen) atoms.